The fraction of sp³-hybridized carbons (Fsp3) is 0.529. The Morgan fingerprint density at radius 2 is 2.27 bits per heavy atom. The summed E-state index contributed by atoms with van der Waals surface area (Å²) in [6, 6.07) is 3.32. The third-order valence-corrected chi connectivity index (χ3v) is 5.10. The summed E-state index contributed by atoms with van der Waals surface area (Å²) < 4.78 is 5.61. The number of amides is 2. The number of aryl methyl sites for hydroxylation is 2. The van der Waals surface area contributed by atoms with E-state index in [0.717, 1.165) is 21.5 Å². The van der Waals surface area contributed by atoms with Crippen molar-refractivity contribution in [3.63, 3.8) is 0 Å². The Balaban J connectivity index is 1.52. The lowest BCUT2D eigenvalue weighted by atomic mass is 10.1. The smallest absolute Gasteiger partial charge is 0.237 e. The number of nitrogens with one attached hydrogen (secondary N) is 2. The highest BCUT2D eigenvalue weighted by Gasteiger charge is 2.32. The van der Waals surface area contributed by atoms with E-state index in [1.165, 1.54) is 11.3 Å². The summed E-state index contributed by atoms with van der Waals surface area (Å²) in [5.41, 5.74) is 0. The van der Waals surface area contributed by atoms with Gasteiger partial charge in [0.05, 0.1) is 19.0 Å². The van der Waals surface area contributed by atoms with Gasteiger partial charge in [-0.05, 0) is 26.0 Å². The van der Waals surface area contributed by atoms with Crippen LogP contribution in [-0.4, -0.2) is 52.6 Å². The lowest BCUT2D eigenvalue weighted by Gasteiger charge is -2.34. The molecule has 2 N–H and O–H groups in total. The summed E-state index contributed by atoms with van der Waals surface area (Å²) in [6.07, 6.45) is 0.768. The quantitative estimate of drug-likeness (QED) is 0.740. The summed E-state index contributed by atoms with van der Waals surface area (Å²) in [5.74, 6) is 1.38. The molecule has 2 amide bonds. The van der Waals surface area contributed by atoms with Crippen LogP contribution in [0.3, 0.4) is 0 Å². The van der Waals surface area contributed by atoms with E-state index in [1.54, 1.807) is 0 Å². The molecule has 0 aromatic carbocycles. The highest BCUT2D eigenvalue weighted by molar-refractivity contribution is 7.11. The zero-order valence-electron chi connectivity index (χ0n) is 14.9. The summed E-state index contributed by atoms with van der Waals surface area (Å²) >= 11 is 1.52. The molecule has 140 valence electrons. The molecule has 8 nitrogen and oxygen atoms in total. The fourth-order valence-corrected chi connectivity index (χ4v) is 3.65. The Hall–Kier alpha value is -2.26. The third kappa shape index (κ3) is 4.89. The van der Waals surface area contributed by atoms with Crippen molar-refractivity contribution in [3.8, 4) is 0 Å². The second-order valence-corrected chi connectivity index (χ2v) is 7.57. The highest BCUT2D eigenvalue weighted by Crippen LogP contribution is 2.16. The van der Waals surface area contributed by atoms with Crippen LogP contribution in [0.5, 0.6) is 0 Å². The number of aromatic nitrogens is 2. The Labute approximate surface area is 156 Å². The van der Waals surface area contributed by atoms with Crippen molar-refractivity contribution in [2.45, 2.75) is 39.3 Å². The van der Waals surface area contributed by atoms with E-state index in [9.17, 15) is 9.59 Å². The van der Waals surface area contributed by atoms with Crippen LogP contribution in [0.1, 0.15) is 28.0 Å². The van der Waals surface area contributed by atoms with Gasteiger partial charge in [0.15, 0.2) is 0 Å². The van der Waals surface area contributed by atoms with Crippen LogP contribution < -0.4 is 10.6 Å². The normalized spacial score (nSPS) is 17.9. The van der Waals surface area contributed by atoms with Gasteiger partial charge in [-0.25, -0.2) is 0 Å². The molecule has 0 aliphatic carbocycles. The molecule has 0 bridgehead atoms. The maximum absolute atomic E-state index is 12.3. The van der Waals surface area contributed by atoms with E-state index >= 15 is 0 Å². The first kappa shape index (κ1) is 18.5. The number of nitrogens with zero attached hydrogens (tertiary/aromatic N) is 3. The number of carbonyl (C=O) groups is 2. The Kier molecular flexibility index (Phi) is 6.00. The molecule has 3 rings (SSSR count). The summed E-state index contributed by atoms with van der Waals surface area (Å²) in [7, 11) is 0. The van der Waals surface area contributed by atoms with E-state index in [1.807, 2.05) is 30.9 Å². The minimum Gasteiger partial charge on any atom is -0.465 e. The van der Waals surface area contributed by atoms with Gasteiger partial charge in [-0.3, -0.25) is 14.5 Å². The molecule has 2 aromatic rings. The van der Waals surface area contributed by atoms with Crippen LogP contribution >= 0.6 is 11.3 Å². The molecule has 1 aliphatic rings. The highest BCUT2D eigenvalue weighted by atomic mass is 32.1. The lowest BCUT2D eigenvalue weighted by molar-refractivity contribution is -0.134. The minimum absolute atomic E-state index is 0.116. The van der Waals surface area contributed by atoms with E-state index < -0.39 is 6.04 Å². The predicted molar refractivity (Wildman–Crippen MR) is 96.6 cm³/mol. The number of rotatable bonds is 7. The number of furan rings is 1. The van der Waals surface area contributed by atoms with Crippen LogP contribution in [0.15, 0.2) is 16.5 Å². The number of hydrogen-bond acceptors (Lipinski definition) is 7. The van der Waals surface area contributed by atoms with E-state index in [-0.39, 0.29) is 18.2 Å². The van der Waals surface area contributed by atoms with Crippen molar-refractivity contribution < 1.29 is 14.0 Å². The molecule has 1 fully saturated rings. The lowest BCUT2D eigenvalue weighted by Crippen LogP contribution is -2.56. The average Bonchev–Trinajstić information content (AvgIpc) is 3.19. The molecule has 0 spiro atoms. The Morgan fingerprint density at radius 1 is 1.42 bits per heavy atom. The van der Waals surface area contributed by atoms with Gasteiger partial charge in [-0.1, -0.05) is 0 Å². The molecule has 1 saturated heterocycles. The first-order valence-corrected chi connectivity index (χ1v) is 9.45. The van der Waals surface area contributed by atoms with Crippen molar-refractivity contribution in [2.75, 3.05) is 19.6 Å². The Bertz CT molecular complexity index is 772. The van der Waals surface area contributed by atoms with Crippen LogP contribution in [0, 0.1) is 13.8 Å². The maximum atomic E-state index is 12.3. The standard InChI is InChI=1S/C17H23N5O3S/c1-11-3-4-13(25-11)10-22-8-7-19-17(24)14(22)9-15(23)18-6-5-16-21-20-12(2)26-16/h3-4,14H,5-10H2,1-2H3,(H,18,23)(H,19,24). The van der Waals surface area contributed by atoms with E-state index in [2.05, 4.69) is 20.8 Å². The summed E-state index contributed by atoms with van der Waals surface area (Å²) in [4.78, 5) is 26.5. The van der Waals surface area contributed by atoms with Crippen molar-refractivity contribution in [1.82, 2.24) is 25.7 Å². The van der Waals surface area contributed by atoms with Gasteiger partial charge in [0, 0.05) is 26.1 Å². The molecule has 0 radical (unpaired) electrons. The molecule has 0 saturated carbocycles. The molecule has 1 aliphatic heterocycles. The second kappa shape index (κ2) is 8.41. The summed E-state index contributed by atoms with van der Waals surface area (Å²) in [6.45, 7) is 6.05. The summed E-state index contributed by atoms with van der Waals surface area (Å²) in [5, 5.41) is 15.5. The molecule has 2 aromatic heterocycles. The predicted octanol–water partition coefficient (Wildman–Crippen LogP) is 0.797. The van der Waals surface area contributed by atoms with Gasteiger partial charge in [0.1, 0.15) is 21.5 Å². The molecule has 9 heteroatoms. The van der Waals surface area contributed by atoms with Crippen molar-refractivity contribution >= 4 is 23.2 Å². The van der Waals surface area contributed by atoms with Gasteiger partial charge in [-0.15, -0.1) is 21.5 Å². The topological polar surface area (TPSA) is 100 Å². The Morgan fingerprint density at radius 3 is 2.96 bits per heavy atom. The first-order chi connectivity index (χ1) is 12.5. The van der Waals surface area contributed by atoms with Crippen LogP contribution in [0.25, 0.3) is 0 Å². The average molecular weight is 377 g/mol. The molecule has 1 atom stereocenters. The first-order valence-electron chi connectivity index (χ1n) is 8.64. The molecule has 26 heavy (non-hydrogen) atoms. The van der Waals surface area contributed by atoms with E-state index in [4.69, 9.17) is 4.42 Å². The van der Waals surface area contributed by atoms with Crippen LogP contribution in [-0.2, 0) is 22.6 Å². The van der Waals surface area contributed by atoms with Crippen LogP contribution in [0.2, 0.25) is 0 Å². The van der Waals surface area contributed by atoms with Gasteiger partial charge in [0.2, 0.25) is 11.8 Å². The van der Waals surface area contributed by atoms with Crippen molar-refractivity contribution in [1.29, 1.82) is 0 Å². The SMILES string of the molecule is Cc1ccc(CN2CCNC(=O)C2CC(=O)NCCc2nnc(C)s2)o1. The van der Waals surface area contributed by atoms with Gasteiger partial charge >= 0.3 is 0 Å². The zero-order chi connectivity index (χ0) is 18.5. The van der Waals surface area contributed by atoms with Gasteiger partial charge in [-0.2, -0.15) is 0 Å². The van der Waals surface area contributed by atoms with Crippen LogP contribution in [0.4, 0.5) is 0 Å². The minimum atomic E-state index is -0.488. The molecular formula is C17H23N5O3S. The molecular weight excluding hydrogens is 354 g/mol. The number of hydrogen-bond donors (Lipinski definition) is 2. The second-order valence-electron chi connectivity index (χ2n) is 6.31. The van der Waals surface area contributed by atoms with Gasteiger partial charge in [0.25, 0.3) is 0 Å². The number of carbonyl (C=O) groups excluding carboxylic acids is 2. The van der Waals surface area contributed by atoms with Crippen molar-refractivity contribution in [2.24, 2.45) is 0 Å². The molecule has 1 unspecified atom stereocenters. The third-order valence-electron chi connectivity index (χ3n) is 4.20. The monoisotopic (exact) mass is 377 g/mol. The van der Waals surface area contributed by atoms with E-state index in [0.29, 0.717) is 32.6 Å². The number of piperazine rings is 1. The zero-order valence-corrected chi connectivity index (χ0v) is 15.8. The van der Waals surface area contributed by atoms with Gasteiger partial charge < -0.3 is 15.1 Å². The maximum Gasteiger partial charge on any atom is 0.237 e. The van der Waals surface area contributed by atoms with Crippen molar-refractivity contribution in [3.05, 3.63) is 33.7 Å². The molecule has 3 heterocycles. The fourth-order valence-electron chi connectivity index (χ4n) is 2.94. The largest absolute Gasteiger partial charge is 0.465 e.